The predicted molar refractivity (Wildman–Crippen MR) is 87.8 cm³/mol. The van der Waals surface area contributed by atoms with E-state index in [2.05, 4.69) is 15.5 Å². The van der Waals surface area contributed by atoms with Crippen molar-refractivity contribution in [2.75, 3.05) is 5.75 Å². The second-order valence-electron chi connectivity index (χ2n) is 6.38. The molecular formula is C17H19N3O2S. The van der Waals surface area contributed by atoms with Crippen LogP contribution < -0.4 is 5.32 Å². The van der Waals surface area contributed by atoms with E-state index < -0.39 is 0 Å². The molecule has 23 heavy (non-hydrogen) atoms. The Morgan fingerprint density at radius 2 is 2.09 bits per heavy atom. The Hall–Kier alpha value is -1.82. The number of hydrogen-bond acceptors (Lipinski definition) is 5. The van der Waals surface area contributed by atoms with Crippen LogP contribution in [0.5, 0.6) is 0 Å². The van der Waals surface area contributed by atoms with Crippen LogP contribution in [0.15, 0.2) is 40.0 Å². The van der Waals surface area contributed by atoms with Gasteiger partial charge in [-0.05, 0) is 43.2 Å². The molecule has 3 atom stereocenters. The zero-order chi connectivity index (χ0) is 15.6. The van der Waals surface area contributed by atoms with Gasteiger partial charge in [0.15, 0.2) is 0 Å². The van der Waals surface area contributed by atoms with E-state index in [1.807, 2.05) is 30.3 Å². The quantitative estimate of drug-likeness (QED) is 0.854. The van der Waals surface area contributed by atoms with E-state index >= 15 is 0 Å². The summed E-state index contributed by atoms with van der Waals surface area (Å²) in [6.07, 6.45) is 5.06. The fourth-order valence-corrected chi connectivity index (χ4v) is 4.34. The first-order chi connectivity index (χ1) is 11.3. The van der Waals surface area contributed by atoms with Gasteiger partial charge in [-0.1, -0.05) is 36.4 Å². The monoisotopic (exact) mass is 329 g/mol. The minimum Gasteiger partial charge on any atom is -0.411 e. The maximum atomic E-state index is 12.1. The van der Waals surface area contributed by atoms with Crippen LogP contribution in [-0.2, 0) is 4.79 Å². The van der Waals surface area contributed by atoms with E-state index in [9.17, 15) is 4.79 Å². The molecule has 1 aromatic heterocycles. The van der Waals surface area contributed by atoms with Gasteiger partial charge in [-0.2, -0.15) is 0 Å². The topological polar surface area (TPSA) is 68.0 Å². The number of hydrogen-bond donors (Lipinski definition) is 1. The molecule has 2 bridgehead atoms. The number of thioether (sulfide) groups is 1. The molecule has 6 heteroatoms. The maximum absolute atomic E-state index is 12.1. The largest absolute Gasteiger partial charge is 0.411 e. The average Bonchev–Trinajstić information content (AvgIpc) is 3.30. The zero-order valence-electron chi connectivity index (χ0n) is 12.8. The molecule has 2 aliphatic carbocycles. The third-order valence-corrected chi connectivity index (χ3v) is 5.66. The van der Waals surface area contributed by atoms with Crippen LogP contribution in [0, 0.1) is 11.8 Å². The van der Waals surface area contributed by atoms with Crippen molar-refractivity contribution >= 4 is 17.7 Å². The lowest BCUT2D eigenvalue weighted by Crippen LogP contribution is -2.39. The van der Waals surface area contributed by atoms with Crippen LogP contribution in [0.25, 0.3) is 11.5 Å². The Bertz CT molecular complexity index is 688. The number of carbonyl (C=O) groups is 1. The molecule has 1 amide bonds. The van der Waals surface area contributed by atoms with Crippen molar-refractivity contribution in [2.24, 2.45) is 11.8 Å². The number of aromatic nitrogens is 2. The molecule has 0 saturated heterocycles. The summed E-state index contributed by atoms with van der Waals surface area (Å²) in [5, 5.41) is 11.6. The van der Waals surface area contributed by atoms with Crippen molar-refractivity contribution in [3.63, 3.8) is 0 Å². The number of benzene rings is 1. The van der Waals surface area contributed by atoms with Crippen molar-refractivity contribution in [3.05, 3.63) is 30.3 Å². The van der Waals surface area contributed by atoms with Gasteiger partial charge in [0.25, 0.3) is 5.22 Å². The molecule has 120 valence electrons. The molecule has 0 spiro atoms. The number of rotatable bonds is 5. The third kappa shape index (κ3) is 3.27. The molecule has 2 aliphatic rings. The van der Waals surface area contributed by atoms with E-state index in [1.54, 1.807) is 0 Å². The van der Waals surface area contributed by atoms with Gasteiger partial charge in [0, 0.05) is 11.6 Å². The SMILES string of the molecule is O=C(CSc1nnc(-c2ccccc2)o1)N[C@H]1C[C@H]2CC[C@H]1C2. The van der Waals surface area contributed by atoms with E-state index in [0.29, 0.717) is 28.8 Å². The van der Waals surface area contributed by atoms with Gasteiger partial charge < -0.3 is 9.73 Å². The van der Waals surface area contributed by atoms with Gasteiger partial charge in [0.05, 0.1) is 5.75 Å². The summed E-state index contributed by atoms with van der Waals surface area (Å²) in [4.78, 5) is 12.1. The average molecular weight is 329 g/mol. The first-order valence-corrected chi connectivity index (χ1v) is 9.07. The number of amides is 1. The number of fused-ring (bicyclic) bond motifs is 2. The highest BCUT2D eigenvalue weighted by Crippen LogP contribution is 2.44. The molecule has 1 aromatic carbocycles. The Balaban J connectivity index is 1.29. The summed E-state index contributed by atoms with van der Waals surface area (Å²) in [5.74, 6) is 2.41. The van der Waals surface area contributed by atoms with E-state index in [0.717, 1.165) is 17.9 Å². The molecule has 5 nitrogen and oxygen atoms in total. The van der Waals surface area contributed by atoms with Crippen molar-refractivity contribution in [2.45, 2.75) is 36.9 Å². The van der Waals surface area contributed by atoms with Crippen molar-refractivity contribution in [3.8, 4) is 11.5 Å². The minimum atomic E-state index is 0.0620. The molecule has 0 aliphatic heterocycles. The molecule has 0 unspecified atom stereocenters. The van der Waals surface area contributed by atoms with Crippen molar-refractivity contribution in [1.82, 2.24) is 15.5 Å². The first-order valence-electron chi connectivity index (χ1n) is 8.09. The summed E-state index contributed by atoms with van der Waals surface area (Å²) in [7, 11) is 0. The molecule has 2 saturated carbocycles. The fourth-order valence-electron chi connectivity index (χ4n) is 3.76. The van der Waals surface area contributed by atoms with Gasteiger partial charge >= 0.3 is 0 Å². The van der Waals surface area contributed by atoms with Gasteiger partial charge in [0.1, 0.15) is 0 Å². The third-order valence-electron chi connectivity index (χ3n) is 4.84. The van der Waals surface area contributed by atoms with E-state index in [4.69, 9.17) is 4.42 Å². The molecule has 2 aromatic rings. The Morgan fingerprint density at radius 3 is 2.83 bits per heavy atom. The maximum Gasteiger partial charge on any atom is 0.277 e. The van der Waals surface area contributed by atoms with Crippen LogP contribution in [0.2, 0.25) is 0 Å². The lowest BCUT2D eigenvalue weighted by atomic mass is 9.95. The summed E-state index contributed by atoms with van der Waals surface area (Å²) in [6, 6.07) is 10.0. The Morgan fingerprint density at radius 1 is 1.22 bits per heavy atom. The molecule has 1 heterocycles. The normalized spacial score (nSPS) is 25.7. The highest BCUT2D eigenvalue weighted by molar-refractivity contribution is 7.99. The number of carbonyl (C=O) groups excluding carboxylic acids is 1. The molecule has 4 rings (SSSR count). The van der Waals surface area contributed by atoms with Crippen LogP contribution in [0.1, 0.15) is 25.7 Å². The minimum absolute atomic E-state index is 0.0620. The molecule has 2 fully saturated rings. The van der Waals surface area contributed by atoms with Gasteiger partial charge in [-0.15, -0.1) is 10.2 Å². The van der Waals surface area contributed by atoms with Gasteiger partial charge in [-0.25, -0.2) is 0 Å². The highest BCUT2D eigenvalue weighted by atomic mass is 32.2. The van der Waals surface area contributed by atoms with E-state index in [-0.39, 0.29) is 5.91 Å². The van der Waals surface area contributed by atoms with Crippen LogP contribution >= 0.6 is 11.8 Å². The molecule has 1 N–H and O–H groups in total. The van der Waals surface area contributed by atoms with Crippen LogP contribution in [0.4, 0.5) is 0 Å². The smallest absolute Gasteiger partial charge is 0.277 e. The predicted octanol–water partition coefficient (Wildman–Crippen LogP) is 3.13. The lowest BCUT2D eigenvalue weighted by molar-refractivity contribution is -0.119. The summed E-state index contributed by atoms with van der Waals surface area (Å²) >= 11 is 1.30. The van der Waals surface area contributed by atoms with E-state index in [1.165, 1.54) is 31.0 Å². The first kappa shape index (κ1) is 14.8. The van der Waals surface area contributed by atoms with Crippen LogP contribution in [0.3, 0.4) is 0 Å². The van der Waals surface area contributed by atoms with Gasteiger partial charge in [-0.3, -0.25) is 4.79 Å². The summed E-state index contributed by atoms with van der Waals surface area (Å²) in [5.41, 5.74) is 0.887. The Labute approximate surface area is 139 Å². The number of nitrogens with zero attached hydrogens (tertiary/aromatic N) is 2. The summed E-state index contributed by atoms with van der Waals surface area (Å²) in [6.45, 7) is 0. The standard InChI is InChI=1S/C17H19N3O2S/c21-15(18-14-9-11-6-7-13(14)8-11)10-23-17-20-19-16(22-17)12-4-2-1-3-5-12/h1-5,11,13-14H,6-10H2,(H,18,21)/t11-,13-,14-/m0/s1. The fraction of sp³-hybridized carbons (Fsp3) is 0.471. The van der Waals surface area contributed by atoms with Crippen molar-refractivity contribution in [1.29, 1.82) is 0 Å². The highest BCUT2D eigenvalue weighted by Gasteiger charge is 2.40. The second kappa shape index (κ2) is 6.35. The van der Waals surface area contributed by atoms with Crippen molar-refractivity contribution < 1.29 is 9.21 Å². The Kier molecular flexibility index (Phi) is 4.08. The number of nitrogens with one attached hydrogen (secondary N) is 1. The lowest BCUT2D eigenvalue weighted by Gasteiger charge is -2.22. The van der Waals surface area contributed by atoms with Gasteiger partial charge in [0.2, 0.25) is 11.8 Å². The second-order valence-corrected chi connectivity index (χ2v) is 7.30. The van der Waals surface area contributed by atoms with Crippen LogP contribution in [-0.4, -0.2) is 27.9 Å². The summed E-state index contributed by atoms with van der Waals surface area (Å²) < 4.78 is 5.60. The zero-order valence-corrected chi connectivity index (χ0v) is 13.6. The molecule has 0 radical (unpaired) electrons. The molecular weight excluding hydrogens is 310 g/mol.